The molecule has 1 saturated heterocycles. The molecular weight excluding hydrogens is 699 g/mol. The molecule has 2 heteroatoms. The molecule has 218 valence electrons. The van der Waals surface area contributed by atoms with Crippen LogP contribution in [0.2, 0.25) is 22.0 Å². The summed E-state index contributed by atoms with van der Waals surface area (Å²) in [6, 6.07) is 30.1. The molecule has 4 aromatic carbocycles. The first-order chi connectivity index (χ1) is 20.5. The number of unbranched alkanes of at least 4 members (excludes halogenated alkanes) is 1. The molecule has 2 unspecified atom stereocenters. The Balaban J connectivity index is 1.46. The van der Waals surface area contributed by atoms with Crippen LogP contribution in [0.3, 0.4) is 0 Å². The Morgan fingerprint density at radius 1 is 0.628 bits per heavy atom. The second-order valence-corrected chi connectivity index (χ2v) is 36.2. The van der Waals surface area contributed by atoms with Crippen LogP contribution < -0.4 is 0 Å². The van der Waals surface area contributed by atoms with Crippen molar-refractivity contribution >= 4 is 20.2 Å². The van der Waals surface area contributed by atoms with Gasteiger partial charge in [-0.15, -0.1) is 0 Å². The third kappa shape index (κ3) is 4.53. The first kappa shape index (κ1) is 29.2. The van der Waals surface area contributed by atoms with Gasteiger partial charge in [0.15, 0.2) is 0 Å². The van der Waals surface area contributed by atoms with Crippen molar-refractivity contribution in [2.24, 2.45) is 0 Å². The molecule has 0 nitrogen and oxygen atoms in total. The van der Waals surface area contributed by atoms with Gasteiger partial charge in [0.05, 0.1) is 0 Å². The fourth-order valence-corrected chi connectivity index (χ4v) is 41.8. The molecule has 1 fully saturated rings. The number of aryl methyl sites for hydroxylation is 4. The van der Waals surface area contributed by atoms with Gasteiger partial charge in [-0.05, 0) is 0 Å². The first-order valence-corrected chi connectivity index (χ1v) is 30.4. The predicted octanol–water partition coefficient (Wildman–Crippen LogP) is 12.1. The van der Waals surface area contributed by atoms with Crippen LogP contribution in [-0.2, 0) is 20.0 Å². The number of allylic oxidation sites excluding steroid dienone is 2. The molecule has 0 spiro atoms. The number of benzene rings is 4. The van der Waals surface area contributed by atoms with E-state index < -0.39 is 28.0 Å². The van der Waals surface area contributed by atoms with Gasteiger partial charge < -0.3 is 0 Å². The fourth-order valence-electron chi connectivity index (χ4n) is 9.28. The first-order valence-electron chi connectivity index (χ1n) is 16.4. The average Bonchev–Trinajstić information content (AvgIpc) is 3.56. The van der Waals surface area contributed by atoms with E-state index in [4.69, 9.17) is 0 Å². The van der Waals surface area contributed by atoms with E-state index in [1.165, 1.54) is 63.4 Å². The number of hydrogen-bond donors (Lipinski definition) is 0. The van der Waals surface area contributed by atoms with Crippen molar-refractivity contribution in [2.75, 3.05) is 0 Å². The van der Waals surface area contributed by atoms with Crippen LogP contribution in [0.25, 0.3) is 34.4 Å². The summed E-state index contributed by atoms with van der Waals surface area (Å²) >= 11 is -3.05. The SMILES string of the molecule is CCCC[Si]1(C)C2=Cc3c(-c4cc(C)cc(C)c4)cccc3[CH]2[Hf]([CH3])([CH3])[CH]2C1=Cc1c(-c3cc(C)cc(C)c3)cccc12. The summed E-state index contributed by atoms with van der Waals surface area (Å²) in [7, 11) is -1.92. The summed E-state index contributed by atoms with van der Waals surface area (Å²) in [6.07, 6.45) is 8.10. The van der Waals surface area contributed by atoms with Gasteiger partial charge in [-0.3, -0.25) is 0 Å². The Morgan fingerprint density at radius 3 is 1.44 bits per heavy atom. The van der Waals surface area contributed by atoms with Crippen LogP contribution in [0.4, 0.5) is 0 Å². The molecule has 1 heterocycles. The maximum atomic E-state index is 2.80. The zero-order valence-electron chi connectivity index (χ0n) is 27.4. The van der Waals surface area contributed by atoms with E-state index in [1.54, 1.807) is 22.3 Å². The van der Waals surface area contributed by atoms with Gasteiger partial charge in [0.25, 0.3) is 0 Å². The van der Waals surface area contributed by atoms with E-state index in [2.05, 4.69) is 135 Å². The predicted molar refractivity (Wildman–Crippen MR) is 187 cm³/mol. The quantitative estimate of drug-likeness (QED) is 0.179. The summed E-state index contributed by atoms with van der Waals surface area (Å²) in [4.78, 5) is 0. The van der Waals surface area contributed by atoms with E-state index in [0.29, 0.717) is 7.35 Å². The Labute approximate surface area is 265 Å². The molecule has 1 aliphatic heterocycles. The van der Waals surface area contributed by atoms with Gasteiger partial charge >= 0.3 is 267 Å². The van der Waals surface area contributed by atoms with Crippen molar-refractivity contribution in [1.29, 1.82) is 0 Å². The molecular formula is C41H46HfSi. The van der Waals surface area contributed by atoms with Crippen molar-refractivity contribution in [1.82, 2.24) is 0 Å². The van der Waals surface area contributed by atoms with Gasteiger partial charge in [-0.25, -0.2) is 0 Å². The molecule has 3 aliphatic rings. The Hall–Kier alpha value is -2.55. The molecule has 0 bridgehead atoms. The van der Waals surface area contributed by atoms with Crippen molar-refractivity contribution in [3.8, 4) is 22.3 Å². The van der Waals surface area contributed by atoms with Crippen LogP contribution in [0.5, 0.6) is 0 Å². The van der Waals surface area contributed by atoms with Crippen molar-refractivity contribution in [2.45, 2.75) is 76.8 Å². The summed E-state index contributed by atoms with van der Waals surface area (Å²) < 4.78 is 6.96. The van der Waals surface area contributed by atoms with Gasteiger partial charge in [0, 0.05) is 0 Å². The van der Waals surface area contributed by atoms with Crippen molar-refractivity contribution < 1.29 is 20.0 Å². The Bertz CT molecular complexity index is 1680. The molecule has 43 heavy (non-hydrogen) atoms. The molecule has 0 amide bonds. The second-order valence-electron chi connectivity index (χ2n) is 14.7. The minimum absolute atomic E-state index is 0.680. The average molecular weight is 745 g/mol. The maximum absolute atomic E-state index is 3.05. The molecule has 4 aromatic rings. The molecule has 0 aromatic heterocycles. The zero-order valence-corrected chi connectivity index (χ0v) is 32.0. The van der Waals surface area contributed by atoms with Crippen LogP contribution in [0.1, 0.15) is 71.6 Å². The van der Waals surface area contributed by atoms with Gasteiger partial charge in [0.1, 0.15) is 0 Å². The zero-order chi connectivity index (χ0) is 30.3. The summed E-state index contributed by atoms with van der Waals surface area (Å²) in [6.45, 7) is 14.1. The second kappa shape index (κ2) is 10.5. The van der Waals surface area contributed by atoms with Gasteiger partial charge in [-0.1, -0.05) is 0 Å². The van der Waals surface area contributed by atoms with E-state index in [0.717, 1.165) is 0 Å². The number of hydrogen-bond acceptors (Lipinski definition) is 0. The topological polar surface area (TPSA) is 0 Å². The number of rotatable bonds is 5. The number of fused-ring (bicyclic) bond motifs is 6. The summed E-state index contributed by atoms with van der Waals surface area (Å²) in [5.41, 5.74) is 17.5. The Morgan fingerprint density at radius 2 is 1.05 bits per heavy atom. The van der Waals surface area contributed by atoms with E-state index in [1.807, 2.05) is 10.4 Å². The molecule has 0 radical (unpaired) electrons. The van der Waals surface area contributed by atoms with Crippen LogP contribution in [0, 0.1) is 27.7 Å². The minimum atomic E-state index is -3.05. The normalized spacial score (nSPS) is 22.8. The van der Waals surface area contributed by atoms with Gasteiger partial charge in [-0.2, -0.15) is 0 Å². The van der Waals surface area contributed by atoms with Crippen molar-refractivity contribution in [3.63, 3.8) is 0 Å². The monoisotopic (exact) mass is 746 g/mol. The third-order valence-electron chi connectivity index (χ3n) is 11.0. The van der Waals surface area contributed by atoms with E-state index in [-0.39, 0.29) is 0 Å². The summed E-state index contributed by atoms with van der Waals surface area (Å²) in [5.74, 6) is 0. The van der Waals surface area contributed by atoms with Crippen LogP contribution in [0.15, 0.2) is 83.2 Å². The third-order valence-corrected chi connectivity index (χ3v) is 33.0. The Kier molecular flexibility index (Phi) is 7.14. The van der Waals surface area contributed by atoms with E-state index in [9.17, 15) is 0 Å². The summed E-state index contributed by atoms with van der Waals surface area (Å²) in [5, 5.41) is 3.75. The molecule has 7 rings (SSSR count). The van der Waals surface area contributed by atoms with Gasteiger partial charge in [0.2, 0.25) is 0 Å². The molecule has 2 atom stereocenters. The molecule has 0 N–H and O–H groups in total. The fraction of sp³-hybridized carbons (Fsp3) is 0.317. The van der Waals surface area contributed by atoms with E-state index >= 15 is 0 Å². The van der Waals surface area contributed by atoms with Crippen molar-refractivity contribution in [3.05, 3.63) is 128 Å². The molecule has 0 saturated carbocycles. The molecule has 2 aliphatic carbocycles. The standard InChI is InChI=1S/C39H40Si.2CH3.Hf/c1-7-8-15-40(6,34-22-30-11-9-13-36(38(30)24-34)32-18-26(2)16-27(3)19-32)35-23-31-12-10-14-37(39(31)25-35)33-20-28(4)17-29(5)21-33;;;/h9-14,16-25H,7-8,15H2,1-6H3;2*1H3;. The van der Waals surface area contributed by atoms with Crippen LogP contribution in [-0.4, -0.2) is 8.07 Å². The van der Waals surface area contributed by atoms with Crippen LogP contribution >= 0.6 is 0 Å².